The van der Waals surface area contributed by atoms with Crippen LogP contribution in [0.1, 0.15) is 11.1 Å². The van der Waals surface area contributed by atoms with Gasteiger partial charge in [0.25, 0.3) is 11.1 Å². The molecule has 11 nitrogen and oxygen atoms in total. The van der Waals surface area contributed by atoms with Crippen LogP contribution in [0.5, 0.6) is 17.2 Å². The number of carbonyl (C=O) groups excluding carboxylic acids is 4. The summed E-state index contributed by atoms with van der Waals surface area (Å²) in [7, 11) is 4.44. The van der Waals surface area contributed by atoms with Gasteiger partial charge >= 0.3 is 6.03 Å². The van der Waals surface area contributed by atoms with Gasteiger partial charge in [-0.15, -0.1) is 0 Å². The number of imide groups is 1. The summed E-state index contributed by atoms with van der Waals surface area (Å²) >= 11 is 0.788. The van der Waals surface area contributed by atoms with Gasteiger partial charge in [-0.25, -0.2) is 4.79 Å². The van der Waals surface area contributed by atoms with Crippen molar-refractivity contribution >= 4 is 40.9 Å². The molecular formula is C25H28N4O7S. The summed E-state index contributed by atoms with van der Waals surface area (Å²) in [6.07, 6.45) is 1.79. The minimum Gasteiger partial charge on any atom is -0.493 e. The van der Waals surface area contributed by atoms with Crippen LogP contribution in [0.4, 0.5) is 9.59 Å². The van der Waals surface area contributed by atoms with Gasteiger partial charge in [0.2, 0.25) is 11.7 Å². The van der Waals surface area contributed by atoms with E-state index in [2.05, 4.69) is 10.6 Å². The molecule has 0 aromatic heterocycles. The second-order valence-electron chi connectivity index (χ2n) is 7.83. The van der Waals surface area contributed by atoms with Crippen LogP contribution in [0.2, 0.25) is 0 Å². The average molecular weight is 529 g/mol. The van der Waals surface area contributed by atoms with Crippen LogP contribution in [-0.2, 0) is 16.0 Å². The molecule has 37 heavy (non-hydrogen) atoms. The number of benzene rings is 2. The van der Waals surface area contributed by atoms with E-state index in [1.807, 2.05) is 30.3 Å². The second-order valence-corrected chi connectivity index (χ2v) is 8.83. The number of rotatable bonds is 11. The maximum atomic E-state index is 12.9. The summed E-state index contributed by atoms with van der Waals surface area (Å²) in [4.78, 5) is 50.7. The van der Waals surface area contributed by atoms with Gasteiger partial charge in [0.05, 0.1) is 26.2 Å². The van der Waals surface area contributed by atoms with Gasteiger partial charge < -0.3 is 30.6 Å². The van der Waals surface area contributed by atoms with Crippen molar-refractivity contribution in [1.82, 2.24) is 15.5 Å². The van der Waals surface area contributed by atoms with E-state index < -0.39 is 29.1 Å². The molecule has 0 aliphatic carbocycles. The van der Waals surface area contributed by atoms with Gasteiger partial charge in [-0.2, -0.15) is 0 Å². The van der Waals surface area contributed by atoms with Gasteiger partial charge in [-0.1, -0.05) is 30.3 Å². The Labute approximate surface area is 218 Å². The molecule has 2 aromatic carbocycles. The molecular weight excluding hydrogens is 500 g/mol. The van der Waals surface area contributed by atoms with Crippen LogP contribution in [0.25, 0.3) is 6.08 Å². The largest absolute Gasteiger partial charge is 0.493 e. The molecule has 196 valence electrons. The highest BCUT2D eigenvalue weighted by Crippen LogP contribution is 2.40. The number of nitrogens with two attached hydrogens (primary N) is 1. The van der Waals surface area contributed by atoms with Crippen LogP contribution in [-0.4, -0.2) is 68.4 Å². The number of thioether (sulfide) groups is 1. The standard InChI is InChI=1S/C25H28N4O7S/c1-34-18-12-16(13-19(35-2)21(18)36-3)14-20-23(31)29(25(33)37-20)10-9-27-22(30)17(28-24(26)32)11-15-7-5-4-6-8-15/h4-8,12-14,17H,9-11H2,1-3H3,(H,27,30)(H3,26,28,32)/b20-14+/t17-/m1/s1. The summed E-state index contributed by atoms with van der Waals surface area (Å²) in [5.41, 5.74) is 6.63. The molecule has 4 N–H and O–H groups in total. The number of primary amides is 1. The molecule has 0 spiro atoms. The minimum atomic E-state index is -0.908. The Morgan fingerprint density at radius 1 is 1.05 bits per heavy atom. The molecule has 1 heterocycles. The van der Waals surface area contributed by atoms with Gasteiger partial charge in [0.15, 0.2) is 11.5 Å². The predicted octanol–water partition coefficient (Wildman–Crippen LogP) is 2.14. The number of carbonyl (C=O) groups is 4. The molecule has 0 radical (unpaired) electrons. The van der Waals surface area contributed by atoms with E-state index in [9.17, 15) is 19.2 Å². The Kier molecular flexibility index (Phi) is 9.39. The lowest BCUT2D eigenvalue weighted by atomic mass is 10.1. The van der Waals surface area contributed by atoms with Crippen LogP contribution in [0.3, 0.4) is 0 Å². The quantitative estimate of drug-likeness (QED) is 0.376. The highest BCUT2D eigenvalue weighted by molar-refractivity contribution is 8.18. The van der Waals surface area contributed by atoms with Crippen LogP contribution < -0.4 is 30.6 Å². The smallest absolute Gasteiger partial charge is 0.312 e. The van der Waals surface area contributed by atoms with E-state index in [1.54, 1.807) is 18.2 Å². The lowest BCUT2D eigenvalue weighted by molar-refractivity contribution is -0.125. The third kappa shape index (κ3) is 6.94. The van der Waals surface area contributed by atoms with E-state index in [0.717, 1.165) is 22.2 Å². The predicted molar refractivity (Wildman–Crippen MR) is 138 cm³/mol. The summed E-state index contributed by atoms with van der Waals surface area (Å²) in [6, 6.07) is 10.7. The number of amides is 5. The Morgan fingerprint density at radius 3 is 2.27 bits per heavy atom. The molecule has 12 heteroatoms. The van der Waals surface area contributed by atoms with E-state index in [4.69, 9.17) is 19.9 Å². The first kappa shape index (κ1) is 27.4. The Bertz CT molecular complexity index is 1180. The van der Waals surface area contributed by atoms with E-state index in [0.29, 0.717) is 22.8 Å². The van der Waals surface area contributed by atoms with Crippen LogP contribution >= 0.6 is 11.8 Å². The molecule has 1 aliphatic rings. The van der Waals surface area contributed by atoms with E-state index in [-0.39, 0.29) is 24.4 Å². The molecule has 1 saturated heterocycles. The number of hydrogen-bond donors (Lipinski definition) is 3. The molecule has 5 amide bonds. The van der Waals surface area contributed by atoms with Crippen molar-refractivity contribution < 1.29 is 33.4 Å². The molecule has 3 rings (SSSR count). The number of nitrogens with zero attached hydrogens (tertiary/aromatic N) is 1. The van der Waals surface area contributed by atoms with Gasteiger partial charge in [0.1, 0.15) is 6.04 Å². The second kappa shape index (κ2) is 12.7. The van der Waals surface area contributed by atoms with Gasteiger partial charge in [0, 0.05) is 19.5 Å². The van der Waals surface area contributed by atoms with E-state index in [1.165, 1.54) is 21.3 Å². The van der Waals surface area contributed by atoms with Crippen molar-refractivity contribution in [2.24, 2.45) is 5.73 Å². The summed E-state index contributed by atoms with van der Waals surface area (Å²) in [6.45, 7) is -0.0440. The Morgan fingerprint density at radius 2 is 1.70 bits per heavy atom. The van der Waals surface area contributed by atoms with Crippen molar-refractivity contribution in [3.8, 4) is 17.2 Å². The van der Waals surface area contributed by atoms with Crippen molar-refractivity contribution in [1.29, 1.82) is 0 Å². The molecule has 2 aromatic rings. The molecule has 0 bridgehead atoms. The monoisotopic (exact) mass is 528 g/mol. The van der Waals surface area contributed by atoms with Gasteiger partial charge in [-0.3, -0.25) is 19.3 Å². The zero-order chi connectivity index (χ0) is 26.9. The number of hydrogen-bond acceptors (Lipinski definition) is 8. The fraction of sp³-hybridized carbons (Fsp3) is 0.280. The first-order chi connectivity index (χ1) is 17.8. The Hall–Kier alpha value is -4.19. The van der Waals surface area contributed by atoms with Gasteiger partial charge in [-0.05, 0) is 41.1 Å². The third-order valence-electron chi connectivity index (χ3n) is 5.41. The average Bonchev–Trinajstić information content (AvgIpc) is 3.15. The highest BCUT2D eigenvalue weighted by Gasteiger charge is 2.35. The minimum absolute atomic E-state index is 0.0000659. The summed E-state index contributed by atoms with van der Waals surface area (Å²) < 4.78 is 16.0. The lowest BCUT2D eigenvalue weighted by Crippen LogP contribution is -2.51. The van der Waals surface area contributed by atoms with Crippen LogP contribution in [0, 0.1) is 0 Å². The summed E-state index contributed by atoms with van der Waals surface area (Å²) in [5.74, 6) is 0.244. The fourth-order valence-corrected chi connectivity index (χ4v) is 4.54. The summed E-state index contributed by atoms with van der Waals surface area (Å²) in [5, 5.41) is 4.61. The first-order valence-corrected chi connectivity index (χ1v) is 12.0. The number of ether oxygens (including phenoxy) is 3. The SMILES string of the molecule is COc1cc(/C=C2/SC(=O)N(CCNC(=O)[C@@H](Cc3ccccc3)NC(N)=O)C2=O)cc(OC)c1OC. The molecule has 1 fully saturated rings. The van der Waals surface area contributed by atoms with Crippen molar-refractivity contribution in [3.63, 3.8) is 0 Å². The van der Waals surface area contributed by atoms with E-state index >= 15 is 0 Å². The number of methoxy groups -OCH3 is 3. The lowest BCUT2D eigenvalue weighted by Gasteiger charge is -2.19. The molecule has 0 saturated carbocycles. The Balaban J connectivity index is 1.65. The van der Waals surface area contributed by atoms with Crippen molar-refractivity contribution in [2.45, 2.75) is 12.5 Å². The fourth-order valence-electron chi connectivity index (χ4n) is 3.67. The zero-order valence-corrected chi connectivity index (χ0v) is 21.4. The molecule has 1 aliphatic heterocycles. The maximum Gasteiger partial charge on any atom is 0.312 e. The van der Waals surface area contributed by atoms with Crippen molar-refractivity contribution in [2.75, 3.05) is 34.4 Å². The third-order valence-corrected chi connectivity index (χ3v) is 6.32. The molecule has 1 atom stereocenters. The number of nitrogens with one attached hydrogen (secondary N) is 2. The maximum absolute atomic E-state index is 12.9. The normalized spacial score (nSPS) is 14.9. The van der Waals surface area contributed by atoms with Crippen molar-refractivity contribution in [3.05, 3.63) is 58.5 Å². The number of urea groups is 1. The van der Waals surface area contributed by atoms with Crippen LogP contribution in [0.15, 0.2) is 47.4 Å². The molecule has 0 unspecified atom stereocenters. The topological polar surface area (TPSA) is 149 Å². The first-order valence-electron chi connectivity index (χ1n) is 11.2. The zero-order valence-electron chi connectivity index (χ0n) is 20.6. The highest BCUT2D eigenvalue weighted by atomic mass is 32.2.